The standard InChI is InChI=1S/C8H18O2/c1-4-7(9)6(3)8(10)5-2/h6-10H,4-5H2,1-3H3. The van der Waals surface area contributed by atoms with Crippen molar-refractivity contribution in [3.8, 4) is 0 Å². The summed E-state index contributed by atoms with van der Waals surface area (Å²) in [4.78, 5) is 0. The number of aliphatic hydroxyl groups is 2. The van der Waals surface area contributed by atoms with E-state index in [0.717, 1.165) is 12.8 Å². The molecule has 0 saturated heterocycles. The van der Waals surface area contributed by atoms with Gasteiger partial charge in [-0.1, -0.05) is 20.8 Å². The lowest BCUT2D eigenvalue weighted by Crippen LogP contribution is -2.28. The average molecular weight is 146 g/mol. The zero-order valence-electron chi connectivity index (χ0n) is 7.04. The average Bonchev–Trinajstić information content (AvgIpc) is 2.00. The van der Waals surface area contributed by atoms with Gasteiger partial charge in [0.15, 0.2) is 0 Å². The Morgan fingerprint density at radius 3 is 1.50 bits per heavy atom. The Balaban J connectivity index is 3.69. The summed E-state index contributed by atoms with van der Waals surface area (Å²) in [6, 6.07) is 0. The first kappa shape index (κ1) is 9.92. The lowest BCUT2D eigenvalue weighted by Gasteiger charge is -2.21. The highest BCUT2D eigenvalue weighted by Gasteiger charge is 2.18. The summed E-state index contributed by atoms with van der Waals surface area (Å²) in [6.07, 6.45) is 0.737. The van der Waals surface area contributed by atoms with Gasteiger partial charge < -0.3 is 10.2 Å². The first-order valence-electron chi connectivity index (χ1n) is 3.99. The van der Waals surface area contributed by atoms with E-state index in [4.69, 9.17) is 0 Å². The van der Waals surface area contributed by atoms with E-state index >= 15 is 0 Å². The van der Waals surface area contributed by atoms with Gasteiger partial charge >= 0.3 is 0 Å². The van der Waals surface area contributed by atoms with Gasteiger partial charge in [-0.3, -0.25) is 0 Å². The van der Waals surface area contributed by atoms with Crippen LogP contribution in [-0.4, -0.2) is 22.4 Å². The summed E-state index contributed by atoms with van der Waals surface area (Å²) in [5.74, 6) is 0.00926. The van der Waals surface area contributed by atoms with Crippen LogP contribution in [0.1, 0.15) is 33.6 Å². The number of rotatable bonds is 4. The second kappa shape index (κ2) is 4.69. The van der Waals surface area contributed by atoms with Crippen LogP contribution in [0.5, 0.6) is 0 Å². The summed E-state index contributed by atoms with van der Waals surface area (Å²) in [7, 11) is 0. The molecule has 2 unspecified atom stereocenters. The van der Waals surface area contributed by atoms with Crippen LogP contribution in [0, 0.1) is 5.92 Å². The van der Waals surface area contributed by atoms with Crippen LogP contribution in [0.15, 0.2) is 0 Å². The zero-order valence-corrected chi connectivity index (χ0v) is 7.04. The number of hydrogen-bond donors (Lipinski definition) is 2. The van der Waals surface area contributed by atoms with Crippen molar-refractivity contribution in [3.63, 3.8) is 0 Å². The largest absolute Gasteiger partial charge is 0.393 e. The van der Waals surface area contributed by atoms with Crippen molar-refractivity contribution < 1.29 is 10.2 Å². The van der Waals surface area contributed by atoms with Crippen molar-refractivity contribution in [1.82, 2.24) is 0 Å². The molecule has 0 amide bonds. The fourth-order valence-corrected chi connectivity index (χ4v) is 1.00. The van der Waals surface area contributed by atoms with Crippen LogP contribution >= 0.6 is 0 Å². The molecule has 2 heteroatoms. The molecule has 0 rings (SSSR count). The Bertz CT molecular complexity index is 73.3. The molecule has 0 aromatic heterocycles. The van der Waals surface area contributed by atoms with Crippen molar-refractivity contribution >= 4 is 0 Å². The monoisotopic (exact) mass is 146 g/mol. The molecule has 0 fully saturated rings. The van der Waals surface area contributed by atoms with E-state index in [1.807, 2.05) is 20.8 Å². The minimum absolute atomic E-state index is 0.00926. The summed E-state index contributed by atoms with van der Waals surface area (Å²) in [5, 5.41) is 18.5. The van der Waals surface area contributed by atoms with E-state index in [1.165, 1.54) is 0 Å². The molecule has 0 aromatic carbocycles. The highest BCUT2D eigenvalue weighted by atomic mass is 16.3. The van der Waals surface area contributed by atoms with Gasteiger partial charge in [0.25, 0.3) is 0 Å². The van der Waals surface area contributed by atoms with Crippen LogP contribution in [0.3, 0.4) is 0 Å². The van der Waals surface area contributed by atoms with Gasteiger partial charge in [-0.25, -0.2) is 0 Å². The first-order chi connectivity index (χ1) is 4.63. The smallest absolute Gasteiger partial charge is 0.0587 e. The predicted molar refractivity (Wildman–Crippen MR) is 41.8 cm³/mol. The minimum Gasteiger partial charge on any atom is -0.393 e. The van der Waals surface area contributed by atoms with Crippen molar-refractivity contribution in [2.45, 2.75) is 45.8 Å². The van der Waals surface area contributed by atoms with Gasteiger partial charge in [0.2, 0.25) is 0 Å². The Hall–Kier alpha value is -0.0800. The van der Waals surface area contributed by atoms with E-state index in [1.54, 1.807) is 0 Å². The summed E-state index contributed by atoms with van der Waals surface area (Å²) < 4.78 is 0. The second-order valence-corrected chi connectivity index (χ2v) is 2.81. The van der Waals surface area contributed by atoms with Gasteiger partial charge in [0, 0.05) is 5.92 Å². The molecular weight excluding hydrogens is 128 g/mol. The Morgan fingerprint density at radius 2 is 1.30 bits per heavy atom. The maximum absolute atomic E-state index is 9.27. The lowest BCUT2D eigenvalue weighted by atomic mass is 9.95. The van der Waals surface area contributed by atoms with E-state index < -0.39 is 0 Å². The maximum atomic E-state index is 9.27. The van der Waals surface area contributed by atoms with Crippen LogP contribution < -0.4 is 0 Å². The topological polar surface area (TPSA) is 40.5 Å². The van der Waals surface area contributed by atoms with Crippen LogP contribution in [-0.2, 0) is 0 Å². The first-order valence-corrected chi connectivity index (χ1v) is 3.99. The van der Waals surface area contributed by atoms with Crippen molar-refractivity contribution in [1.29, 1.82) is 0 Å². The zero-order chi connectivity index (χ0) is 8.15. The molecule has 0 saturated carbocycles. The highest BCUT2D eigenvalue weighted by molar-refractivity contribution is 4.69. The van der Waals surface area contributed by atoms with E-state index in [2.05, 4.69) is 0 Å². The van der Waals surface area contributed by atoms with E-state index in [0.29, 0.717) is 0 Å². The minimum atomic E-state index is -0.352. The van der Waals surface area contributed by atoms with Gasteiger partial charge in [0.1, 0.15) is 0 Å². The molecule has 10 heavy (non-hydrogen) atoms. The van der Waals surface area contributed by atoms with Crippen LogP contribution in [0.4, 0.5) is 0 Å². The third-order valence-corrected chi connectivity index (χ3v) is 2.05. The third-order valence-electron chi connectivity index (χ3n) is 2.05. The molecule has 0 aliphatic heterocycles. The van der Waals surface area contributed by atoms with E-state index in [-0.39, 0.29) is 18.1 Å². The quantitative estimate of drug-likeness (QED) is 0.625. The SMILES string of the molecule is CCC(O)C(C)C(O)CC. The molecule has 2 nitrogen and oxygen atoms in total. The second-order valence-electron chi connectivity index (χ2n) is 2.81. The Kier molecular flexibility index (Phi) is 4.65. The fourth-order valence-electron chi connectivity index (χ4n) is 1.00. The van der Waals surface area contributed by atoms with Crippen molar-refractivity contribution in [2.24, 2.45) is 5.92 Å². The van der Waals surface area contributed by atoms with Crippen molar-refractivity contribution in [3.05, 3.63) is 0 Å². The number of aliphatic hydroxyl groups excluding tert-OH is 2. The summed E-state index contributed by atoms with van der Waals surface area (Å²) >= 11 is 0. The summed E-state index contributed by atoms with van der Waals surface area (Å²) in [6.45, 7) is 5.72. The molecule has 0 heterocycles. The Labute approximate surface area is 62.9 Å². The molecule has 0 spiro atoms. The molecule has 0 radical (unpaired) electrons. The molecule has 0 aromatic rings. The normalized spacial score (nSPS) is 20.1. The molecule has 2 atom stereocenters. The Morgan fingerprint density at radius 1 is 1.00 bits per heavy atom. The van der Waals surface area contributed by atoms with Gasteiger partial charge in [0.05, 0.1) is 12.2 Å². The van der Waals surface area contributed by atoms with Crippen LogP contribution in [0.25, 0.3) is 0 Å². The third kappa shape index (κ3) is 2.67. The maximum Gasteiger partial charge on any atom is 0.0587 e. The molecule has 0 aliphatic rings. The van der Waals surface area contributed by atoms with Crippen LogP contribution in [0.2, 0.25) is 0 Å². The fraction of sp³-hybridized carbons (Fsp3) is 1.00. The summed E-state index contributed by atoms with van der Waals surface area (Å²) in [5.41, 5.74) is 0. The van der Waals surface area contributed by atoms with Gasteiger partial charge in [-0.2, -0.15) is 0 Å². The lowest BCUT2D eigenvalue weighted by molar-refractivity contribution is 0.0186. The number of hydrogen-bond acceptors (Lipinski definition) is 2. The highest BCUT2D eigenvalue weighted by Crippen LogP contribution is 2.13. The predicted octanol–water partition coefficient (Wildman–Crippen LogP) is 1.16. The molecule has 2 N–H and O–H groups in total. The molecule has 0 bridgehead atoms. The molecular formula is C8H18O2. The molecule has 62 valence electrons. The van der Waals surface area contributed by atoms with E-state index in [9.17, 15) is 10.2 Å². The molecule has 0 aliphatic carbocycles. The van der Waals surface area contributed by atoms with Crippen molar-refractivity contribution in [2.75, 3.05) is 0 Å². The van der Waals surface area contributed by atoms with Gasteiger partial charge in [-0.15, -0.1) is 0 Å². The van der Waals surface area contributed by atoms with Gasteiger partial charge in [-0.05, 0) is 12.8 Å².